The zero-order valence-electron chi connectivity index (χ0n) is 21.5. The summed E-state index contributed by atoms with van der Waals surface area (Å²) in [4.78, 5) is 33.6. The summed E-state index contributed by atoms with van der Waals surface area (Å²) in [7, 11) is 1.65. The number of carbonyl (C=O) groups excluding carboxylic acids is 2. The van der Waals surface area contributed by atoms with Crippen LogP contribution in [0.3, 0.4) is 0 Å². The molecule has 188 valence electrons. The lowest BCUT2D eigenvalue weighted by Gasteiger charge is -2.29. The van der Waals surface area contributed by atoms with Gasteiger partial charge in [-0.3, -0.25) is 9.59 Å². The molecule has 0 fully saturated rings. The predicted octanol–water partition coefficient (Wildman–Crippen LogP) is 5.42. The molecule has 0 spiro atoms. The third-order valence-electron chi connectivity index (χ3n) is 6.69. The van der Waals surface area contributed by atoms with Gasteiger partial charge >= 0.3 is 0 Å². The SMILES string of the molecule is CCCCN(CC(=O)N(CCc1c[nH]c2ccccc12)Cc1ccccc1OC)C(=O)C(C)CC. The van der Waals surface area contributed by atoms with Crippen LogP contribution in [-0.4, -0.2) is 53.3 Å². The van der Waals surface area contributed by atoms with Gasteiger partial charge in [-0.05, 0) is 37.0 Å². The molecule has 2 amide bonds. The van der Waals surface area contributed by atoms with Crippen molar-refractivity contribution >= 4 is 22.7 Å². The number of methoxy groups -OCH3 is 1. The van der Waals surface area contributed by atoms with Gasteiger partial charge < -0.3 is 19.5 Å². The number of amides is 2. The Bertz CT molecular complexity index is 1110. The number of para-hydroxylation sites is 2. The minimum Gasteiger partial charge on any atom is -0.496 e. The molecule has 35 heavy (non-hydrogen) atoms. The van der Waals surface area contributed by atoms with Crippen molar-refractivity contribution in [2.24, 2.45) is 5.92 Å². The molecule has 1 N–H and O–H groups in total. The number of ether oxygens (including phenoxy) is 1. The van der Waals surface area contributed by atoms with Crippen molar-refractivity contribution in [3.8, 4) is 5.75 Å². The van der Waals surface area contributed by atoms with Crippen molar-refractivity contribution in [3.05, 3.63) is 65.9 Å². The van der Waals surface area contributed by atoms with E-state index in [9.17, 15) is 9.59 Å². The zero-order chi connectivity index (χ0) is 25.2. The molecule has 3 aromatic rings. The van der Waals surface area contributed by atoms with Crippen LogP contribution >= 0.6 is 0 Å². The summed E-state index contributed by atoms with van der Waals surface area (Å²) in [5.74, 6) is 0.691. The first-order chi connectivity index (χ1) is 17.0. The highest BCUT2D eigenvalue weighted by atomic mass is 16.5. The third-order valence-corrected chi connectivity index (χ3v) is 6.69. The predicted molar refractivity (Wildman–Crippen MR) is 141 cm³/mol. The number of nitrogens with one attached hydrogen (secondary N) is 1. The number of aromatic nitrogens is 1. The van der Waals surface area contributed by atoms with Crippen LogP contribution < -0.4 is 4.74 Å². The molecule has 0 saturated carbocycles. The summed E-state index contributed by atoms with van der Waals surface area (Å²) >= 11 is 0. The van der Waals surface area contributed by atoms with Crippen LogP contribution in [0.5, 0.6) is 5.75 Å². The van der Waals surface area contributed by atoms with Gasteiger partial charge in [-0.2, -0.15) is 0 Å². The average molecular weight is 478 g/mol. The number of hydrogen-bond donors (Lipinski definition) is 1. The van der Waals surface area contributed by atoms with Gasteiger partial charge in [0.15, 0.2) is 0 Å². The van der Waals surface area contributed by atoms with E-state index in [0.717, 1.165) is 42.5 Å². The second-order valence-electron chi connectivity index (χ2n) is 9.16. The fourth-order valence-electron chi connectivity index (χ4n) is 4.29. The number of fused-ring (bicyclic) bond motifs is 1. The summed E-state index contributed by atoms with van der Waals surface area (Å²) < 4.78 is 5.54. The molecule has 1 atom stereocenters. The maximum atomic E-state index is 13.6. The van der Waals surface area contributed by atoms with E-state index < -0.39 is 0 Å². The topological polar surface area (TPSA) is 65.6 Å². The quantitative estimate of drug-likeness (QED) is 0.357. The van der Waals surface area contributed by atoms with Crippen molar-refractivity contribution in [2.75, 3.05) is 26.7 Å². The Morgan fingerprint density at radius 1 is 0.971 bits per heavy atom. The zero-order valence-corrected chi connectivity index (χ0v) is 21.5. The van der Waals surface area contributed by atoms with E-state index in [-0.39, 0.29) is 24.3 Å². The van der Waals surface area contributed by atoms with Crippen LogP contribution in [0.1, 0.15) is 51.2 Å². The Labute approximate surface area is 209 Å². The highest BCUT2D eigenvalue weighted by Gasteiger charge is 2.24. The van der Waals surface area contributed by atoms with Crippen LogP contribution in [0.2, 0.25) is 0 Å². The van der Waals surface area contributed by atoms with Gasteiger partial charge in [0.2, 0.25) is 11.8 Å². The van der Waals surface area contributed by atoms with E-state index >= 15 is 0 Å². The molecule has 0 aliphatic carbocycles. The van der Waals surface area contributed by atoms with Gasteiger partial charge in [0.25, 0.3) is 0 Å². The molecule has 0 aliphatic heterocycles. The first kappa shape index (κ1) is 26.3. The van der Waals surface area contributed by atoms with Crippen molar-refractivity contribution in [3.63, 3.8) is 0 Å². The van der Waals surface area contributed by atoms with Crippen molar-refractivity contribution in [2.45, 2.75) is 53.0 Å². The minimum atomic E-state index is -0.0893. The summed E-state index contributed by atoms with van der Waals surface area (Å²) in [6, 6.07) is 16.0. The van der Waals surface area contributed by atoms with Crippen LogP contribution in [0.4, 0.5) is 0 Å². The Hall–Kier alpha value is -3.28. The normalized spacial score (nSPS) is 11.9. The molecule has 2 aromatic carbocycles. The number of carbonyl (C=O) groups is 2. The van der Waals surface area contributed by atoms with E-state index in [0.29, 0.717) is 19.6 Å². The van der Waals surface area contributed by atoms with E-state index in [2.05, 4.69) is 24.0 Å². The van der Waals surface area contributed by atoms with Crippen LogP contribution in [0, 0.1) is 5.92 Å². The second kappa shape index (κ2) is 13.0. The van der Waals surface area contributed by atoms with Gasteiger partial charge in [-0.25, -0.2) is 0 Å². The Morgan fingerprint density at radius 3 is 2.46 bits per heavy atom. The lowest BCUT2D eigenvalue weighted by atomic mass is 10.1. The second-order valence-corrected chi connectivity index (χ2v) is 9.16. The first-order valence-corrected chi connectivity index (χ1v) is 12.7. The highest BCUT2D eigenvalue weighted by molar-refractivity contribution is 5.86. The Morgan fingerprint density at radius 2 is 1.71 bits per heavy atom. The summed E-state index contributed by atoms with van der Waals surface area (Å²) in [5.41, 5.74) is 3.22. The van der Waals surface area contributed by atoms with Gasteiger partial charge in [0.05, 0.1) is 13.7 Å². The maximum absolute atomic E-state index is 13.6. The smallest absolute Gasteiger partial charge is 0.242 e. The van der Waals surface area contributed by atoms with Crippen LogP contribution in [-0.2, 0) is 22.6 Å². The summed E-state index contributed by atoms with van der Waals surface area (Å²) in [5, 5.41) is 1.17. The molecule has 6 heteroatoms. The molecule has 1 aromatic heterocycles. The number of nitrogens with zero attached hydrogens (tertiary/aromatic N) is 2. The molecular formula is C29H39N3O3. The van der Waals surface area contributed by atoms with E-state index in [1.54, 1.807) is 12.0 Å². The largest absolute Gasteiger partial charge is 0.496 e. The minimum absolute atomic E-state index is 0.0384. The molecule has 1 unspecified atom stereocenters. The Balaban J connectivity index is 1.82. The average Bonchev–Trinajstić information content (AvgIpc) is 3.31. The molecule has 1 heterocycles. The molecule has 0 aliphatic rings. The fourth-order valence-corrected chi connectivity index (χ4v) is 4.29. The van der Waals surface area contributed by atoms with E-state index in [1.807, 2.05) is 61.3 Å². The molecule has 6 nitrogen and oxygen atoms in total. The van der Waals surface area contributed by atoms with Crippen LogP contribution in [0.15, 0.2) is 54.7 Å². The van der Waals surface area contributed by atoms with Crippen molar-refractivity contribution in [1.82, 2.24) is 14.8 Å². The highest BCUT2D eigenvalue weighted by Crippen LogP contribution is 2.22. The third kappa shape index (κ3) is 6.87. The number of unbranched alkanes of at least 4 members (excludes halogenated alkanes) is 1. The van der Waals surface area contributed by atoms with E-state index in [4.69, 9.17) is 4.74 Å². The molecule has 3 rings (SSSR count). The van der Waals surface area contributed by atoms with Crippen molar-refractivity contribution in [1.29, 1.82) is 0 Å². The van der Waals surface area contributed by atoms with Gasteiger partial charge in [-0.15, -0.1) is 0 Å². The van der Waals surface area contributed by atoms with E-state index in [1.165, 1.54) is 10.9 Å². The van der Waals surface area contributed by atoms with Crippen LogP contribution in [0.25, 0.3) is 10.9 Å². The summed E-state index contributed by atoms with van der Waals surface area (Å²) in [6.07, 6.45) is 5.37. The fraction of sp³-hybridized carbons (Fsp3) is 0.448. The number of rotatable bonds is 13. The summed E-state index contributed by atoms with van der Waals surface area (Å²) in [6.45, 7) is 7.75. The standard InChI is InChI=1S/C29H39N3O3/c1-5-7-17-32(29(34)22(3)6-2)21-28(33)31(20-24-12-8-11-15-27(24)35-4)18-16-23-19-30-26-14-10-9-13-25(23)26/h8-15,19,22,30H,5-7,16-18,20-21H2,1-4H3. The number of aromatic amines is 1. The maximum Gasteiger partial charge on any atom is 0.242 e. The lowest BCUT2D eigenvalue weighted by molar-refractivity contribution is -0.143. The molecule has 0 bridgehead atoms. The Kier molecular flexibility index (Phi) is 9.76. The molecule has 0 saturated heterocycles. The number of benzene rings is 2. The lowest BCUT2D eigenvalue weighted by Crippen LogP contribution is -2.45. The van der Waals surface area contributed by atoms with Gasteiger partial charge in [-0.1, -0.05) is 63.6 Å². The number of H-pyrrole nitrogens is 1. The molecular weight excluding hydrogens is 438 g/mol. The first-order valence-electron chi connectivity index (χ1n) is 12.7. The van der Waals surface area contributed by atoms with Gasteiger partial charge in [0.1, 0.15) is 5.75 Å². The number of hydrogen-bond acceptors (Lipinski definition) is 3. The molecule has 0 radical (unpaired) electrons. The van der Waals surface area contributed by atoms with Gasteiger partial charge in [0, 0.05) is 48.2 Å². The van der Waals surface area contributed by atoms with Crippen molar-refractivity contribution < 1.29 is 14.3 Å². The monoisotopic (exact) mass is 477 g/mol.